The number of alkyl halides is 2. The molecule has 0 saturated carbocycles. The number of fused-ring (bicyclic) bond motifs is 3. The smallest absolute Gasteiger partial charge is 0.414 e. The molecule has 1 fully saturated rings. The van der Waals surface area contributed by atoms with Gasteiger partial charge in [-0.1, -0.05) is 18.2 Å². The number of hydrogen-bond acceptors (Lipinski definition) is 7. The number of halogens is 3. The molecule has 1 aromatic carbocycles. The lowest BCUT2D eigenvalue weighted by Gasteiger charge is -2.19. The van der Waals surface area contributed by atoms with Crippen LogP contribution >= 0.6 is 0 Å². The average molecular weight is 457 g/mol. The van der Waals surface area contributed by atoms with Gasteiger partial charge in [0.05, 0.1) is 23.7 Å². The van der Waals surface area contributed by atoms with E-state index in [9.17, 15) is 18.0 Å². The number of ether oxygens (including phenoxy) is 1. The Morgan fingerprint density at radius 2 is 2.09 bits per heavy atom. The number of hydrogen-bond donors (Lipinski definition) is 1. The van der Waals surface area contributed by atoms with Crippen molar-refractivity contribution in [3.8, 4) is 0 Å². The molecule has 12 heteroatoms. The second-order valence-corrected chi connectivity index (χ2v) is 7.56. The van der Waals surface area contributed by atoms with Gasteiger partial charge >= 0.3 is 6.09 Å². The first-order valence-corrected chi connectivity index (χ1v) is 10.2. The molecule has 5 rings (SSSR count). The van der Waals surface area contributed by atoms with Crippen molar-refractivity contribution >= 4 is 34.3 Å². The van der Waals surface area contributed by atoms with Crippen LogP contribution in [0.25, 0.3) is 16.7 Å². The van der Waals surface area contributed by atoms with Crippen molar-refractivity contribution in [3.63, 3.8) is 0 Å². The summed E-state index contributed by atoms with van der Waals surface area (Å²) in [6, 6.07) is 5.53. The van der Waals surface area contributed by atoms with Crippen LogP contribution in [0, 0.1) is 5.82 Å². The minimum absolute atomic E-state index is 0.0512. The lowest BCUT2D eigenvalue weighted by atomic mass is 10.0. The van der Waals surface area contributed by atoms with Gasteiger partial charge < -0.3 is 10.1 Å². The Hall–Kier alpha value is -3.96. The molecule has 4 heterocycles. The normalized spacial score (nSPS) is 14.9. The standard InChI is InChI=1S/C21H18F3N7O2/c1-11(13-4-2-3-12(17(13)24)7-16(22)23)28-18-14-8-15(30-5-6-33-21(30)32)20-29-27-10-31(20)19(14)26-9-25-18/h2-4,8-11,16H,5-7H2,1H3,(H,25,26,28)/t11-/m1/s1. The van der Waals surface area contributed by atoms with Crippen molar-refractivity contribution in [2.75, 3.05) is 23.4 Å². The van der Waals surface area contributed by atoms with Crippen molar-refractivity contribution in [3.05, 3.63) is 53.9 Å². The fourth-order valence-corrected chi connectivity index (χ4v) is 3.94. The van der Waals surface area contributed by atoms with Crippen LogP contribution in [0.15, 0.2) is 36.9 Å². The second kappa shape index (κ2) is 8.19. The number of aromatic nitrogens is 5. The van der Waals surface area contributed by atoms with Crippen molar-refractivity contribution in [2.45, 2.75) is 25.8 Å². The van der Waals surface area contributed by atoms with Crippen LogP contribution in [0.4, 0.5) is 29.5 Å². The van der Waals surface area contributed by atoms with Crippen molar-refractivity contribution in [2.24, 2.45) is 0 Å². The number of carbonyl (C=O) groups excluding carboxylic acids is 1. The van der Waals surface area contributed by atoms with E-state index < -0.39 is 30.8 Å². The number of anilines is 2. The van der Waals surface area contributed by atoms with E-state index >= 15 is 0 Å². The van der Waals surface area contributed by atoms with Crippen molar-refractivity contribution in [1.29, 1.82) is 0 Å². The molecule has 33 heavy (non-hydrogen) atoms. The third-order valence-corrected chi connectivity index (χ3v) is 5.50. The number of pyridine rings is 1. The van der Waals surface area contributed by atoms with E-state index in [2.05, 4.69) is 25.5 Å². The monoisotopic (exact) mass is 457 g/mol. The van der Waals surface area contributed by atoms with Crippen molar-refractivity contribution < 1.29 is 22.7 Å². The molecular formula is C21H18F3N7O2. The maximum Gasteiger partial charge on any atom is 0.414 e. The molecule has 0 unspecified atom stereocenters. The molecule has 1 atom stereocenters. The highest BCUT2D eigenvalue weighted by Crippen LogP contribution is 2.32. The van der Waals surface area contributed by atoms with Gasteiger partial charge in [0.2, 0.25) is 6.43 Å². The van der Waals surface area contributed by atoms with Crippen LogP contribution in [-0.4, -0.2) is 50.2 Å². The summed E-state index contributed by atoms with van der Waals surface area (Å²) in [5.41, 5.74) is 1.55. The van der Waals surface area contributed by atoms with E-state index in [1.807, 2.05) is 0 Å². The molecule has 1 amide bonds. The molecule has 170 valence electrons. The lowest BCUT2D eigenvalue weighted by molar-refractivity contribution is 0.147. The van der Waals surface area contributed by atoms with Gasteiger partial charge in [-0.25, -0.2) is 27.9 Å². The predicted octanol–water partition coefficient (Wildman–Crippen LogP) is 3.75. The molecule has 0 aliphatic carbocycles. The number of nitrogens with zero attached hydrogens (tertiary/aromatic N) is 6. The van der Waals surface area contributed by atoms with Crippen molar-refractivity contribution in [1.82, 2.24) is 24.6 Å². The van der Waals surface area contributed by atoms with Crippen LogP contribution in [0.2, 0.25) is 0 Å². The summed E-state index contributed by atoms with van der Waals surface area (Å²) < 4.78 is 47.2. The first kappa shape index (κ1) is 20.9. The SMILES string of the molecule is C[C@@H](Nc1ncnc2c1cc(N1CCOC1=O)c1nncn12)c1cccc(CC(F)F)c1F. The number of carbonyl (C=O) groups is 1. The molecule has 1 aliphatic rings. The number of nitrogens with one attached hydrogen (secondary N) is 1. The van der Waals surface area contributed by atoms with Gasteiger partial charge in [-0.15, -0.1) is 10.2 Å². The van der Waals surface area contributed by atoms with Gasteiger partial charge in [0.25, 0.3) is 0 Å². The third-order valence-electron chi connectivity index (χ3n) is 5.50. The van der Waals surface area contributed by atoms with Crippen LogP contribution in [0.1, 0.15) is 24.1 Å². The minimum Gasteiger partial charge on any atom is -0.447 e. The Labute approximate surface area is 185 Å². The molecule has 1 aliphatic heterocycles. The van der Waals surface area contributed by atoms with Crippen LogP contribution in [0.5, 0.6) is 0 Å². The highest BCUT2D eigenvalue weighted by atomic mass is 19.3. The van der Waals surface area contributed by atoms with Gasteiger partial charge in [-0.3, -0.25) is 9.30 Å². The van der Waals surface area contributed by atoms with Gasteiger partial charge in [-0.05, 0) is 18.6 Å². The lowest BCUT2D eigenvalue weighted by Crippen LogP contribution is -2.24. The number of rotatable bonds is 6. The fourth-order valence-electron chi connectivity index (χ4n) is 3.94. The Bertz CT molecular complexity index is 1360. The highest BCUT2D eigenvalue weighted by molar-refractivity contribution is 6.00. The van der Waals surface area contributed by atoms with Crippen LogP contribution < -0.4 is 10.2 Å². The summed E-state index contributed by atoms with van der Waals surface area (Å²) in [6.07, 6.45) is -1.01. The Morgan fingerprint density at radius 3 is 2.85 bits per heavy atom. The summed E-state index contributed by atoms with van der Waals surface area (Å²) >= 11 is 0. The fraction of sp³-hybridized carbons (Fsp3) is 0.286. The van der Waals surface area contributed by atoms with E-state index in [0.29, 0.717) is 34.7 Å². The van der Waals surface area contributed by atoms with Gasteiger partial charge in [0.15, 0.2) is 11.3 Å². The quantitative estimate of drug-likeness (QED) is 0.471. The summed E-state index contributed by atoms with van der Waals surface area (Å²) in [7, 11) is 0. The minimum atomic E-state index is -2.65. The second-order valence-electron chi connectivity index (χ2n) is 7.56. The molecule has 0 bridgehead atoms. The molecular weight excluding hydrogens is 439 g/mol. The van der Waals surface area contributed by atoms with E-state index in [0.717, 1.165) is 0 Å². The zero-order valence-electron chi connectivity index (χ0n) is 17.4. The summed E-state index contributed by atoms with van der Waals surface area (Å²) in [6.45, 7) is 2.30. The Kier molecular flexibility index (Phi) is 5.19. The molecule has 3 aromatic heterocycles. The maximum atomic E-state index is 14.9. The molecule has 9 nitrogen and oxygen atoms in total. The maximum absolute atomic E-state index is 14.9. The summed E-state index contributed by atoms with van der Waals surface area (Å²) in [4.78, 5) is 22.2. The highest BCUT2D eigenvalue weighted by Gasteiger charge is 2.28. The number of benzene rings is 1. The zero-order chi connectivity index (χ0) is 23.1. The van der Waals surface area contributed by atoms with E-state index in [1.165, 1.54) is 29.7 Å². The van der Waals surface area contributed by atoms with E-state index in [-0.39, 0.29) is 17.7 Å². The average Bonchev–Trinajstić information content (AvgIpc) is 3.44. The molecule has 1 saturated heterocycles. The Balaban J connectivity index is 1.57. The van der Waals surface area contributed by atoms with Gasteiger partial charge in [-0.2, -0.15) is 0 Å². The number of cyclic esters (lactones) is 1. The molecule has 4 aromatic rings. The Morgan fingerprint density at radius 1 is 1.24 bits per heavy atom. The zero-order valence-corrected chi connectivity index (χ0v) is 17.4. The first-order chi connectivity index (χ1) is 15.9. The summed E-state index contributed by atoms with van der Waals surface area (Å²) in [5.74, 6) is -0.312. The van der Waals surface area contributed by atoms with E-state index in [1.54, 1.807) is 23.5 Å². The molecule has 0 spiro atoms. The van der Waals surface area contributed by atoms with E-state index in [4.69, 9.17) is 4.74 Å². The van der Waals surface area contributed by atoms with Gasteiger partial charge in [0.1, 0.15) is 30.9 Å². The largest absolute Gasteiger partial charge is 0.447 e. The van der Waals surface area contributed by atoms with Crippen LogP contribution in [0.3, 0.4) is 0 Å². The summed E-state index contributed by atoms with van der Waals surface area (Å²) in [5, 5.41) is 11.7. The molecule has 0 radical (unpaired) electrons. The van der Waals surface area contributed by atoms with Gasteiger partial charge in [0, 0.05) is 12.0 Å². The first-order valence-electron chi connectivity index (χ1n) is 10.2. The third kappa shape index (κ3) is 3.66. The predicted molar refractivity (Wildman–Crippen MR) is 113 cm³/mol. The topological polar surface area (TPSA) is 97.5 Å². The van der Waals surface area contributed by atoms with Crippen LogP contribution in [-0.2, 0) is 11.2 Å². The molecule has 1 N–H and O–H groups in total. The number of amides is 1.